The van der Waals surface area contributed by atoms with Gasteiger partial charge in [-0.05, 0) is 36.4 Å². The number of para-hydroxylation sites is 1. The molecule has 0 saturated carbocycles. The van der Waals surface area contributed by atoms with E-state index in [4.69, 9.17) is 0 Å². The van der Waals surface area contributed by atoms with Crippen LogP contribution in [-0.4, -0.2) is 38.0 Å². The Kier molecular flexibility index (Phi) is 5.91. The summed E-state index contributed by atoms with van der Waals surface area (Å²) in [7, 11) is 1.77. The van der Waals surface area contributed by atoms with Crippen molar-refractivity contribution < 1.29 is 18.3 Å². The van der Waals surface area contributed by atoms with E-state index in [2.05, 4.69) is 25.2 Å². The van der Waals surface area contributed by atoms with Crippen LogP contribution in [0.5, 0.6) is 5.75 Å². The van der Waals surface area contributed by atoms with Gasteiger partial charge in [0.05, 0.1) is 16.0 Å². The predicted molar refractivity (Wildman–Crippen MR) is 112 cm³/mol. The molecule has 4 aromatic rings. The van der Waals surface area contributed by atoms with Gasteiger partial charge in [0, 0.05) is 12.6 Å². The molecule has 2 aromatic carbocycles. The van der Waals surface area contributed by atoms with E-state index in [1.54, 1.807) is 23.7 Å². The number of benzene rings is 2. The number of aromatic nitrogens is 4. The number of thioether (sulfide) groups is 1. The molecule has 0 aliphatic carbocycles. The summed E-state index contributed by atoms with van der Waals surface area (Å²) in [6, 6.07) is 13.8. The summed E-state index contributed by atoms with van der Waals surface area (Å²) in [5, 5.41) is 12.1. The molecule has 1 N–H and O–H groups in total. The number of nitrogens with zero attached hydrogens (tertiary/aromatic N) is 4. The van der Waals surface area contributed by atoms with Crippen molar-refractivity contribution in [2.45, 2.75) is 11.8 Å². The molecule has 0 atom stereocenters. The van der Waals surface area contributed by atoms with Crippen molar-refractivity contribution in [3.8, 4) is 17.1 Å². The molecule has 0 spiro atoms. The first-order valence-corrected chi connectivity index (χ1v) is 10.5. The molecule has 0 aliphatic heterocycles. The summed E-state index contributed by atoms with van der Waals surface area (Å²) in [5.74, 6) is 0.560. The Bertz CT molecular complexity index is 1140. The Balaban J connectivity index is 1.38. The van der Waals surface area contributed by atoms with Crippen molar-refractivity contribution >= 4 is 44.4 Å². The second kappa shape index (κ2) is 8.76. The third-order valence-corrected chi connectivity index (χ3v) is 6.02. The van der Waals surface area contributed by atoms with Gasteiger partial charge in [-0.25, -0.2) is 4.98 Å². The Morgan fingerprint density at radius 1 is 1.20 bits per heavy atom. The van der Waals surface area contributed by atoms with E-state index >= 15 is 0 Å². The smallest absolute Gasteiger partial charge is 0.387 e. The predicted octanol–water partition coefficient (Wildman–Crippen LogP) is 4.42. The van der Waals surface area contributed by atoms with Crippen LogP contribution in [0, 0.1) is 0 Å². The second-order valence-corrected chi connectivity index (χ2v) is 8.06. The Morgan fingerprint density at radius 3 is 2.70 bits per heavy atom. The van der Waals surface area contributed by atoms with Crippen LogP contribution >= 0.6 is 23.1 Å². The van der Waals surface area contributed by atoms with E-state index in [0.29, 0.717) is 21.7 Å². The highest BCUT2D eigenvalue weighted by Gasteiger charge is 2.14. The molecule has 0 radical (unpaired) electrons. The van der Waals surface area contributed by atoms with Crippen LogP contribution in [0.4, 0.5) is 13.9 Å². The van der Waals surface area contributed by atoms with E-state index in [0.717, 1.165) is 10.2 Å². The van der Waals surface area contributed by atoms with Crippen LogP contribution in [0.25, 0.3) is 21.6 Å². The number of hydrogen-bond donors (Lipinski definition) is 1. The molecule has 2 heterocycles. The van der Waals surface area contributed by atoms with Crippen molar-refractivity contribution in [3.63, 3.8) is 0 Å². The molecule has 7 nitrogen and oxygen atoms in total. The third-order valence-electron chi connectivity index (χ3n) is 4.05. The molecule has 0 bridgehead atoms. The van der Waals surface area contributed by atoms with Gasteiger partial charge in [-0.2, -0.15) is 8.78 Å². The van der Waals surface area contributed by atoms with Crippen molar-refractivity contribution in [3.05, 3.63) is 48.5 Å². The average Bonchev–Trinajstić information content (AvgIpc) is 3.29. The fraction of sp³-hybridized carbons (Fsp3) is 0.158. The van der Waals surface area contributed by atoms with Crippen LogP contribution in [-0.2, 0) is 11.8 Å². The third kappa shape index (κ3) is 4.57. The minimum atomic E-state index is -2.87. The number of alkyl halides is 2. The standard InChI is InChI=1S/C19H15F2N5O2S2/c1-26-16(11-6-8-12(9-7-11)28-17(20)21)24-25-19(26)29-10-15(27)23-18-22-13-4-2-3-5-14(13)30-18/h2-9,17H,10H2,1H3,(H,22,23,27). The molecule has 154 valence electrons. The fourth-order valence-electron chi connectivity index (χ4n) is 2.69. The molecule has 11 heteroatoms. The number of halogens is 2. The van der Waals surface area contributed by atoms with Gasteiger partial charge in [-0.15, -0.1) is 10.2 Å². The highest BCUT2D eigenvalue weighted by Crippen LogP contribution is 2.27. The molecular weight excluding hydrogens is 432 g/mol. The van der Waals surface area contributed by atoms with E-state index in [1.165, 1.54) is 35.2 Å². The Morgan fingerprint density at radius 2 is 1.97 bits per heavy atom. The number of carbonyl (C=O) groups excluding carboxylic acids is 1. The van der Waals surface area contributed by atoms with Crippen molar-refractivity contribution in [1.82, 2.24) is 19.7 Å². The molecule has 1 amide bonds. The number of ether oxygens (including phenoxy) is 1. The summed E-state index contributed by atoms with van der Waals surface area (Å²) >= 11 is 2.65. The number of fused-ring (bicyclic) bond motifs is 1. The summed E-state index contributed by atoms with van der Waals surface area (Å²) in [6.07, 6.45) is 0. The van der Waals surface area contributed by atoms with Gasteiger partial charge in [0.1, 0.15) is 5.75 Å². The number of carbonyl (C=O) groups is 1. The zero-order valence-electron chi connectivity index (χ0n) is 15.6. The molecule has 4 rings (SSSR count). The minimum absolute atomic E-state index is 0.0667. The molecule has 0 saturated heterocycles. The number of nitrogens with one attached hydrogen (secondary N) is 1. The zero-order chi connectivity index (χ0) is 21.1. The number of thiazole rings is 1. The van der Waals surface area contributed by atoms with E-state index < -0.39 is 6.61 Å². The van der Waals surface area contributed by atoms with Crippen molar-refractivity contribution in [2.24, 2.45) is 7.05 Å². The largest absolute Gasteiger partial charge is 0.435 e. The van der Waals surface area contributed by atoms with Gasteiger partial charge < -0.3 is 14.6 Å². The van der Waals surface area contributed by atoms with Crippen LogP contribution in [0.3, 0.4) is 0 Å². The van der Waals surface area contributed by atoms with Gasteiger partial charge in [0.2, 0.25) is 5.91 Å². The lowest BCUT2D eigenvalue weighted by Crippen LogP contribution is -2.14. The maximum atomic E-state index is 12.3. The summed E-state index contributed by atoms with van der Waals surface area (Å²) in [6.45, 7) is -2.87. The van der Waals surface area contributed by atoms with Crippen LogP contribution in [0.1, 0.15) is 0 Å². The topological polar surface area (TPSA) is 81.9 Å². The van der Waals surface area contributed by atoms with Crippen LogP contribution < -0.4 is 10.1 Å². The highest BCUT2D eigenvalue weighted by atomic mass is 32.2. The van der Waals surface area contributed by atoms with Gasteiger partial charge in [-0.1, -0.05) is 35.2 Å². The van der Waals surface area contributed by atoms with E-state index in [-0.39, 0.29) is 17.4 Å². The van der Waals surface area contributed by atoms with Gasteiger partial charge in [-0.3, -0.25) is 4.79 Å². The average molecular weight is 447 g/mol. The summed E-state index contributed by atoms with van der Waals surface area (Å²) in [5.41, 5.74) is 1.53. The molecule has 0 fully saturated rings. The first-order valence-electron chi connectivity index (χ1n) is 8.72. The molecule has 2 aromatic heterocycles. The number of anilines is 1. The maximum absolute atomic E-state index is 12.3. The minimum Gasteiger partial charge on any atom is -0.435 e. The Hall–Kier alpha value is -3.05. The fourth-order valence-corrected chi connectivity index (χ4v) is 4.28. The first-order chi connectivity index (χ1) is 14.5. The van der Waals surface area contributed by atoms with Crippen molar-refractivity contribution in [2.75, 3.05) is 11.1 Å². The SMILES string of the molecule is Cn1c(SCC(=O)Nc2nc3ccccc3s2)nnc1-c1ccc(OC(F)F)cc1. The molecule has 30 heavy (non-hydrogen) atoms. The summed E-state index contributed by atoms with van der Waals surface area (Å²) < 4.78 is 31.6. The van der Waals surface area contributed by atoms with Crippen LogP contribution in [0.15, 0.2) is 53.7 Å². The quantitative estimate of drug-likeness (QED) is 0.422. The highest BCUT2D eigenvalue weighted by molar-refractivity contribution is 7.99. The van der Waals surface area contributed by atoms with Crippen molar-refractivity contribution in [1.29, 1.82) is 0 Å². The Labute approximate surface area is 178 Å². The zero-order valence-corrected chi connectivity index (χ0v) is 17.2. The molecule has 0 unspecified atom stereocenters. The lowest BCUT2D eigenvalue weighted by atomic mass is 10.2. The first kappa shape index (κ1) is 20.2. The number of rotatable bonds is 7. The van der Waals surface area contributed by atoms with Gasteiger partial charge >= 0.3 is 6.61 Å². The number of hydrogen-bond acceptors (Lipinski definition) is 7. The van der Waals surface area contributed by atoms with Crippen LogP contribution in [0.2, 0.25) is 0 Å². The van der Waals surface area contributed by atoms with E-state index in [9.17, 15) is 13.6 Å². The lowest BCUT2D eigenvalue weighted by Gasteiger charge is -2.06. The van der Waals surface area contributed by atoms with Gasteiger partial charge in [0.15, 0.2) is 16.1 Å². The van der Waals surface area contributed by atoms with E-state index in [1.807, 2.05) is 24.3 Å². The number of amides is 1. The lowest BCUT2D eigenvalue weighted by molar-refractivity contribution is -0.113. The molecular formula is C19H15F2N5O2S2. The maximum Gasteiger partial charge on any atom is 0.387 e. The normalized spacial score (nSPS) is 11.2. The monoisotopic (exact) mass is 447 g/mol. The molecule has 0 aliphatic rings. The van der Waals surface area contributed by atoms with Gasteiger partial charge in [0.25, 0.3) is 0 Å². The second-order valence-electron chi connectivity index (χ2n) is 6.09. The summed E-state index contributed by atoms with van der Waals surface area (Å²) in [4.78, 5) is 16.7.